The number of aliphatic carboxylic acids is 1. The maximum Gasteiger partial charge on any atom is 0.317 e. The average Bonchev–Trinajstić information content (AvgIpc) is 2.46. The number of carbonyl (C=O) groups is 2. The third kappa shape index (κ3) is 3.67. The number of carboxylic acids is 1. The van der Waals surface area contributed by atoms with E-state index in [2.05, 4.69) is 10.3 Å². The number of rotatable bonds is 3. The van der Waals surface area contributed by atoms with E-state index in [1.165, 1.54) is 0 Å². The monoisotopic (exact) mass is 263 g/mol. The summed E-state index contributed by atoms with van der Waals surface area (Å²) in [5, 5.41) is 11.7. The predicted molar refractivity (Wildman–Crippen MR) is 68.4 cm³/mol. The van der Waals surface area contributed by atoms with Gasteiger partial charge < -0.3 is 15.3 Å². The zero-order valence-electron chi connectivity index (χ0n) is 10.6. The van der Waals surface area contributed by atoms with Crippen LogP contribution in [0.1, 0.15) is 18.5 Å². The van der Waals surface area contributed by atoms with Gasteiger partial charge >= 0.3 is 12.0 Å². The van der Waals surface area contributed by atoms with Gasteiger partial charge in [0, 0.05) is 19.3 Å². The maximum atomic E-state index is 11.9. The molecular weight excluding hydrogens is 246 g/mol. The van der Waals surface area contributed by atoms with E-state index >= 15 is 0 Å². The average molecular weight is 263 g/mol. The number of hydrogen-bond donors (Lipinski definition) is 2. The van der Waals surface area contributed by atoms with Crippen molar-refractivity contribution in [1.82, 2.24) is 15.2 Å². The van der Waals surface area contributed by atoms with Crippen molar-refractivity contribution in [3.63, 3.8) is 0 Å². The fraction of sp³-hybridized carbons (Fsp3) is 0.462. The van der Waals surface area contributed by atoms with Crippen LogP contribution in [0.4, 0.5) is 4.79 Å². The summed E-state index contributed by atoms with van der Waals surface area (Å²) in [4.78, 5) is 28.5. The molecule has 0 saturated carbocycles. The van der Waals surface area contributed by atoms with Crippen molar-refractivity contribution in [1.29, 1.82) is 0 Å². The minimum Gasteiger partial charge on any atom is -0.481 e. The lowest BCUT2D eigenvalue weighted by Gasteiger charge is -2.30. The third-order valence-corrected chi connectivity index (χ3v) is 3.20. The lowest BCUT2D eigenvalue weighted by Crippen LogP contribution is -2.46. The molecule has 1 aliphatic heterocycles. The highest BCUT2D eigenvalue weighted by Crippen LogP contribution is 2.16. The summed E-state index contributed by atoms with van der Waals surface area (Å²) in [5.41, 5.74) is 0.780. The predicted octanol–water partition coefficient (Wildman–Crippen LogP) is 1.09. The van der Waals surface area contributed by atoms with Gasteiger partial charge in [0.25, 0.3) is 0 Å². The number of aromatic nitrogens is 1. The van der Waals surface area contributed by atoms with Crippen molar-refractivity contribution in [3.8, 4) is 0 Å². The summed E-state index contributed by atoms with van der Waals surface area (Å²) in [6.45, 7) is 1.25. The molecule has 0 bridgehead atoms. The van der Waals surface area contributed by atoms with Gasteiger partial charge in [-0.3, -0.25) is 9.78 Å². The molecule has 2 heterocycles. The number of likely N-dealkylation sites (tertiary alicyclic amines) is 1. The number of carboxylic acid groups (broad SMARTS) is 1. The standard InChI is InChI=1S/C13H17N3O3/c17-12(18)10-4-3-7-16(9-10)13(19)15-8-11-5-1-2-6-14-11/h1-2,5-6,10H,3-4,7-9H2,(H,15,19)(H,17,18)/t10-/m0/s1. The Morgan fingerprint density at radius 2 is 2.32 bits per heavy atom. The van der Waals surface area contributed by atoms with E-state index in [1.807, 2.05) is 18.2 Å². The summed E-state index contributed by atoms with van der Waals surface area (Å²) >= 11 is 0. The molecule has 2 amide bonds. The normalized spacial score (nSPS) is 18.9. The van der Waals surface area contributed by atoms with Gasteiger partial charge in [0.1, 0.15) is 0 Å². The zero-order chi connectivity index (χ0) is 13.7. The second-order valence-corrected chi connectivity index (χ2v) is 4.60. The van der Waals surface area contributed by atoms with Gasteiger partial charge in [0.2, 0.25) is 0 Å². The van der Waals surface area contributed by atoms with Gasteiger partial charge in [-0.15, -0.1) is 0 Å². The molecule has 1 fully saturated rings. The molecule has 1 aromatic rings. The molecule has 0 unspecified atom stereocenters. The Balaban J connectivity index is 1.84. The lowest BCUT2D eigenvalue weighted by atomic mass is 9.99. The van der Waals surface area contributed by atoms with Crippen LogP contribution in [0.3, 0.4) is 0 Å². The Hall–Kier alpha value is -2.11. The number of pyridine rings is 1. The maximum absolute atomic E-state index is 11.9. The number of urea groups is 1. The molecule has 2 rings (SSSR count). The molecule has 0 aromatic carbocycles. The molecule has 1 aromatic heterocycles. The molecule has 6 heteroatoms. The van der Waals surface area contributed by atoms with E-state index in [1.54, 1.807) is 11.1 Å². The Labute approximate surface area is 111 Å². The molecule has 102 valence electrons. The summed E-state index contributed by atoms with van der Waals surface area (Å²) in [5.74, 6) is -1.28. The molecule has 2 N–H and O–H groups in total. The molecule has 6 nitrogen and oxygen atoms in total. The number of amides is 2. The smallest absolute Gasteiger partial charge is 0.317 e. The van der Waals surface area contributed by atoms with E-state index in [4.69, 9.17) is 5.11 Å². The highest BCUT2D eigenvalue weighted by atomic mass is 16.4. The quantitative estimate of drug-likeness (QED) is 0.855. The number of piperidine rings is 1. The van der Waals surface area contributed by atoms with Crippen molar-refractivity contribution in [3.05, 3.63) is 30.1 Å². The van der Waals surface area contributed by atoms with Crippen LogP contribution in [0, 0.1) is 5.92 Å². The molecule has 1 atom stereocenters. The van der Waals surface area contributed by atoms with E-state index in [-0.39, 0.29) is 12.6 Å². The molecule has 1 aliphatic rings. The second kappa shape index (κ2) is 6.17. The van der Waals surface area contributed by atoms with Crippen LogP contribution >= 0.6 is 0 Å². The molecule has 1 saturated heterocycles. The third-order valence-electron chi connectivity index (χ3n) is 3.20. The first-order valence-corrected chi connectivity index (χ1v) is 6.32. The van der Waals surface area contributed by atoms with Crippen LogP contribution in [0.15, 0.2) is 24.4 Å². The fourth-order valence-corrected chi connectivity index (χ4v) is 2.14. The molecular formula is C13H17N3O3. The van der Waals surface area contributed by atoms with Crippen molar-refractivity contribution >= 4 is 12.0 Å². The van der Waals surface area contributed by atoms with E-state index < -0.39 is 11.9 Å². The van der Waals surface area contributed by atoms with Crippen LogP contribution < -0.4 is 5.32 Å². The van der Waals surface area contributed by atoms with E-state index in [0.717, 1.165) is 12.1 Å². The first-order valence-electron chi connectivity index (χ1n) is 6.32. The number of hydrogen-bond acceptors (Lipinski definition) is 3. The van der Waals surface area contributed by atoms with Gasteiger partial charge in [-0.25, -0.2) is 4.79 Å². The van der Waals surface area contributed by atoms with Crippen molar-refractivity contribution in [2.24, 2.45) is 5.92 Å². The van der Waals surface area contributed by atoms with Crippen LogP contribution in [0.25, 0.3) is 0 Å². The SMILES string of the molecule is O=C(O)[C@H]1CCCN(C(=O)NCc2ccccn2)C1. The van der Waals surface area contributed by atoms with E-state index in [0.29, 0.717) is 19.5 Å². The number of nitrogens with zero attached hydrogens (tertiary/aromatic N) is 2. The Morgan fingerprint density at radius 3 is 3.00 bits per heavy atom. The van der Waals surface area contributed by atoms with E-state index in [9.17, 15) is 9.59 Å². The first kappa shape index (κ1) is 13.3. The van der Waals surface area contributed by atoms with Gasteiger partial charge in [-0.1, -0.05) is 6.07 Å². The van der Waals surface area contributed by atoms with Crippen LogP contribution in [-0.4, -0.2) is 40.1 Å². The first-order chi connectivity index (χ1) is 9.16. The van der Waals surface area contributed by atoms with Crippen molar-refractivity contribution < 1.29 is 14.7 Å². The van der Waals surface area contributed by atoms with Crippen LogP contribution in [0.2, 0.25) is 0 Å². The molecule has 0 radical (unpaired) electrons. The molecule has 0 aliphatic carbocycles. The summed E-state index contributed by atoms with van der Waals surface area (Å²) in [7, 11) is 0. The Morgan fingerprint density at radius 1 is 1.47 bits per heavy atom. The number of carbonyl (C=O) groups excluding carboxylic acids is 1. The Bertz CT molecular complexity index is 450. The highest BCUT2D eigenvalue weighted by Gasteiger charge is 2.27. The van der Waals surface area contributed by atoms with Gasteiger partial charge in [-0.2, -0.15) is 0 Å². The minimum atomic E-state index is -0.831. The topological polar surface area (TPSA) is 82.5 Å². The van der Waals surface area contributed by atoms with Crippen molar-refractivity contribution in [2.75, 3.05) is 13.1 Å². The number of nitrogens with one attached hydrogen (secondary N) is 1. The highest BCUT2D eigenvalue weighted by molar-refractivity contribution is 5.76. The summed E-state index contributed by atoms with van der Waals surface area (Å²) < 4.78 is 0. The Kier molecular flexibility index (Phi) is 4.33. The zero-order valence-corrected chi connectivity index (χ0v) is 10.6. The molecule has 0 spiro atoms. The van der Waals surface area contributed by atoms with Gasteiger partial charge in [-0.05, 0) is 25.0 Å². The summed E-state index contributed by atoms with van der Waals surface area (Å²) in [6.07, 6.45) is 3.04. The van der Waals surface area contributed by atoms with Crippen LogP contribution in [-0.2, 0) is 11.3 Å². The van der Waals surface area contributed by atoms with Crippen molar-refractivity contribution in [2.45, 2.75) is 19.4 Å². The molecule has 19 heavy (non-hydrogen) atoms. The lowest BCUT2D eigenvalue weighted by molar-refractivity contribution is -0.143. The summed E-state index contributed by atoms with van der Waals surface area (Å²) in [6, 6.07) is 5.27. The minimum absolute atomic E-state index is 0.225. The van der Waals surface area contributed by atoms with Gasteiger partial charge in [0.05, 0.1) is 18.2 Å². The second-order valence-electron chi connectivity index (χ2n) is 4.60. The largest absolute Gasteiger partial charge is 0.481 e. The van der Waals surface area contributed by atoms with Gasteiger partial charge in [0.15, 0.2) is 0 Å². The fourth-order valence-electron chi connectivity index (χ4n) is 2.14. The van der Waals surface area contributed by atoms with Crippen LogP contribution in [0.5, 0.6) is 0 Å².